The van der Waals surface area contributed by atoms with E-state index in [4.69, 9.17) is 9.47 Å². The molecule has 3 aromatic heterocycles. The molecule has 2 aliphatic heterocycles. The molecule has 0 saturated carbocycles. The maximum absolute atomic E-state index is 15.4. The van der Waals surface area contributed by atoms with Gasteiger partial charge in [0.25, 0.3) is 5.92 Å². The van der Waals surface area contributed by atoms with Crippen molar-refractivity contribution >= 4 is 39.5 Å². The molecule has 1 amide bonds. The number of hydrogen-bond acceptors (Lipinski definition) is 11. The van der Waals surface area contributed by atoms with Crippen LogP contribution in [0.15, 0.2) is 67.4 Å². The SMILES string of the molecule is Cc1cc(Nc2c(C#N)cnc3ccc(NC(=O)/C=C/C4CCCN4C)c(OC4CCN(C)CC4(F)F)c23)ccc1Oc1cc2ncnn2cn1. The van der Waals surface area contributed by atoms with Crippen LogP contribution in [0.4, 0.5) is 25.8 Å². The molecule has 15 heteroatoms. The molecule has 0 aliphatic carbocycles. The van der Waals surface area contributed by atoms with E-state index in [0.717, 1.165) is 24.9 Å². The largest absolute Gasteiger partial charge is 0.481 e. The van der Waals surface area contributed by atoms with Gasteiger partial charge >= 0.3 is 0 Å². The fourth-order valence-corrected chi connectivity index (χ4v) is 6.48. The van der Waals surface area contributed by atoms with E-state index < -0.39 is 24.5 Å². The third-order valence-electron chi connectivity index (χ3n) is 9.20. The fourth-order valence-electron chi connectivity index (χ4n) is 6.48. The van der Waals surface area contributed by atoms with Crippen molar-refractivity contribution in [3.8, 4) is 23.4 Å². The number of benzene rings is 2. The van der Waals surface area contributed by atoms with Crippen molar-refractivity contribution in [1.29, 1.82) is 5.26 Å². The second-order valence-electron chi connectivity index (χ2n) is 12.9. The predicted octanol–water partition coefficient (Wildman–Crippen LogP) is 5.70. The van der Waals surface area contributed by atoms with Crippen LogP contribution in [-0.4, -0.2) is 92.1 Å². The summed E-state index contributed by atoms with van der Waals surface area (Å²) in [5, 5.41) is 20.7. The molecular weight excluding hydrogens is 658 g/mol. The number of nitriles is 1. The zero-order valence-electron chi connectivity index (χ0n) is 28.3. The minimum absolute atomic E-state index is 0.000172. The number of carbonyl (C=O) groups is 1. The van der Waals surface area contributed by atoms with Crippen LogP contribution in [-0.2, 0) is 4.79 Å². The number of amides is 1. The highest BCUT2D eigenvalue weighted by atomic mass is 19.3. The highest BCUT2D eigenvalue weighted by Crippen LogP contribution is 2.43. The summed E-state index contributed by atoms with van der Waals surface area (Å²) in [4.78, 5) is 29.9. The first kappa shape index (κ1) is 33.8. The Balaban J connectivity index is 1.25. The van der Waals surface area contributed by atoms with Crippen LogP contribution in [0.25, 0.3) is 16.6 Å². The van der Waals surface area contributed by atoms with Crippen molar-refractivity contribution < 1.29 is 23.0 Å². The number of piperidine rings is 1. The number of fused-ring (bicyclic) bond motifs is 2. The lowest BCUT2D eigenvalue weighted by molar-refractivity contribution is -0.134. The molecule has 0 bridgehead atoms. The van der Waals surface area contributed by atoms with Crippen LogP contribution < -0.4 is 20.1 Å². The summed E-state index contributed by atoms with van der Waals surface area (Å²) in [5.74, 6) is -2.75. The van der Waals surface area contributed by atoms with Gasteiger partial charge in [-0.15, -0.1) is 0 Å². The summed E-state index contributed by atoms with van der Waals surface area (Å²) in [5.41, 5.74) is 2.92. The Morgan fingerprint density at radius 3 is 2.75 bits per heavy atom. The lowest BCUT2D eigenvalue weighted by Crippen LogP contribution is -2.52. The highest BCUT2D eigenvalue weighted by molar-refractivity contribution is 6.07. The third kappa shape index (κ3) is 7.14. The van der Waals surface area contributed by atoms with Gasteiger partial charge in [0.1, 0.15) is 24.5 Å². The molecule has 7 rings (SSSR count). The van der Waals surface area contributed by atoms with E-state index in [-0.39, 0.29) is 34.8 Å². The Hall–Kier alpha value is -5.72. The molecule has 2 unspecified atom stereocenters. The number of ether oxygens (including phenoxy) is 2. The minimum atomic E-state index is -3.18. The van der Waals surface area contributed by atoms with E-state index in [9.17, 15) is 10.1 Å². The quantitative estimate of drug-likeness (QED) is 0.183. The van der Waals surface area contributed by atoms with Crippen molar-refractivity contribution in [1.82, 2.24) is 34.4 Å². The van der Waals surface area contributed by atoms with Gasteiger partial charge < -0.3 is 25.0 Å². The van der Waals surface area contributed by atoms with E-state index in [1.54, 1.807) is 42.3 Å². The molecule has 2 N–H and O–H groups in total. The topological polar surface area (TPSA) is 146 Å². The van der Waals surface area contributed by atoms with Crippen LogP contribution in [0.3, 0.4) is 0 Å². The number of aryl methyl sites for hydroxylation is 1. The lowest BCUT2D eigenvalue weighted by Gasteiger charge is -2.37. The van der Waals surface area contributed by atoms with Gasteiger partial charge in [-0.25, -0.2) is 23.3 Å². The fraction of sp³-hybridized carbons (Fsp3) is 0.333. The van der Waals surface area contributed by atoms with Crippen LogP contribution in [0.1, 0.15) is 30.4 Å². The van der Waals surface area contributed by atoms with Crippen LogP contribution in [0.5, 0.6) is 17.4 Å². The zero-order chi connectivity index (χ0) is 35.7. The number of rotatable bonds is 9. The number of alkyl halides is 2. The number of pyridine rings is 1. The second-order valence-corrected chi connectivity index (χ2v) is 12.9. The second kappa shape index (κ2) is 13.9. The molecule has 5 aromatic rings. The van der Waals surface area contributed by atoms with Crippen LogP contribution >= 0.6 is 0 Å². The molecule has 262 valence electrons. The van der Waals surface area contributed by atoms with E-state index in [2.05, 4.69) is 41.7 Å². The summed E-state index contributed by atoms with van der Waals surface area (Å²) in [7, 11) is 3.64. The number of likely N-dealkylation sites (tertiary alicyclic amines) is 2. The van der Waals surface area contributed by atoms with E-state index in [1.165, 1.54) is 29.4 Å². The Kier molecular flexibility index (Phi) is 9.19. The lowest BCUT2D eigenvalue weighted by atomic mass is 10.0. The first-order chi connectivity index (χ1) is 24.6. The Morgan fingerprint density at radius 1 is 1.12 bits per heavy atom. The van der Waals surface area contributed by atoms with Gasteiger partial charge in [-0.3, -0.25) is 14.7 Å². The van der Waals surface area contributed by atoms with Crippen molar-refractivity contribution in [2.75, 3.05) is 44.4 Å². The van der Waals surface area contributed by atoms with Crippen molar-refractivity contribution in [3.05, 3.63) is 78.5 Å². The molecule has 2 aromatic carbocycles. The number of nitrogens with zero attached hydrogens (tertiary/aromatic N) is 8. The minimum Gasteiger partial charge on any atom is -0.481 e. The van der Waals surface area contributed by atoms with Crippen LogP contribution in [0, 0.1) is 18.3 Å². The highest BCUT2D eigenvalue weighted by Gasteiger charge is 2.46. The molecular formula is C36H36F2N10O3. The van der Waals surface area contributed by atoms with Gasteiger partial charge in [0.05, 0.1) is 34.4 Å². The Bertz CT molecular complexity index is 2180. The Morgan fingerprint density at radius 2 is 1.98 bits per heavy atom. The van der Waals surface area contributed by atoms with Crippen molar-refractivity contribution in [3.63, 3.8) is 0 Å². The first-order valence-electron chi connectivity index (χ1n) is 16.6. The molecule has 2 atom stereocenters. The van der Waals surface area contributed by atoms with Gasteiger partial charge in [0.2, 0.25) is 11.8 Å². The molecule has 0 spiro atoms. The van der Waals surface area contributed by atoms with Crippen molar-refractivity contribution in [2.24, 2.45) is 0 Å². The van der Waals surface area contributed by atoms with Gasteiger partial charge in [0, 0.05) is 43.0 Å². The van der Waals surface area contributed by atoms with Gasteiger partial charge in [0.15, 0.2) is 17.5 Å². The molecule has 5 heterocycles. The number of anilines is 3. The van der Waals surface area contributed by atoms with Gasteiger partial charge in [-0.1, -0.05) is 6.08 Å². The van der Waals surface area contributed by atoms with Crippen molar-refractivity contribution in [2.45, 2.75) is 44.3 Å². The number of aromatic nitrogens is 5. The molecule has 2 aliphatic rings. The number of halogens is 2. The summed E-state index contributed by atoms with van der Waals surface area (Å²) in [6.45, 7) is 2.71. The summed E-state index contributed by atoms with van der Waals surface area (Å²) in [6.07, 6.45) is 8.18. The van der Waals surface area contributed by atoms with Crippen LogP contribution in [0.2, 0.25) is 0 Å². The van der Waals surface area contributed by atoms with Gasteiger partial charge in [-0.2, -0.15) is 10.4 Å². The number of likely N-dealkylation sites (N-methyl/N-ethyl adjacent to an activating group) is 1. The Labute approximate surface area is 292 Å². The summed E-state index contributed by atoms with van der Waals surface area (Å²) >= 11 is 0. The summed E-state index contributed by atoms with van der Waals surface area (Å²) < 4.78 is 44.7. The molecule has 2 saturated heterocycles. The number of hydrogen-bond donors (Lipinski definition) is 2. The van der Waals surface area contributed by atoms with Gasteiger partial charge in [-0.05, 0) is 76.3 Å². The molecule has 2 fully saturated rings. The maximum atomic E-state index is 15.4. The average molecular weight is 695 g/mol. The number of carbonyl (C=O) groups excluding carboxylic acids is 1. The third-order valence-corrected chi connectivity index (χ3v) is 9.20. The predicted molar refractivity (Wildman–Crippen MR) is 187 cm³/mol. The molecule has 13 nitrogen and oxygen atoms in total. The zero-order valence-corrected chi connectivity index (χ0v) is 28.3. The molecule has 0 radical (unpaired) electrons. The molecule has 51 heavy (non-hydrogen) atoms. The maximum Gasteiger partial charge on any atom is 0.296 e. The first-order valence-corrected chi connectivity index (χ1v) is 16.6. The van der Waals surface area contributed by atoms with E-state index in [0.29, 0.717) is 40.7 Å². The summed E-state index contributed by atoms with van der Waals surface area (Å²) in [6, 6.07) is 12.5. The normalized spacial score (nSPS) is 19.4. The monoisotopic (exact) mass is 694 g/mol. The smallest absolute Gasteiger partial charge is 0.296 e. The number of nitrogens with one attached hydrogen (secondary N) is 2. The average Bonchev–Trinajstić information content (AvgIpc) is 3.75. The standard InChI is InChI=1S/C36H36F2N10O3/c1-22-15-24(6-10-28(22)50-32-16-30-41-20-43-48(30)21-42-32)44-34-23(17-39)18-40-26-8-9-27(45-31(49)11-7-25-5-4-13-47(25)3)35(33(26)34)51-29-12-14-46(2)19-36(29,37)38/h6-11,15-16,18,20-21,25,29H,4-5,12-14,19H2,1-3H3,(H,40,44)(H,45,49)/b11-7+. The van der Waals surface area contributed by atoms with E-state index in [1.807, 2.05) is 26.1 Å². The van der Waals surface area contributed by atoms with E-state index >= 15 is 8.78 Å².